The first-order valence-electron chi connectivity index (χ1n) is 7.82. The second kappa shape index (κ2) is 5.02. The van der Waals surface area contributed by atoms with Crippen LogP contribution in [0.5, 0.6) is 0 Å². The van der Waals surface area contributed by atoms with Gasteiger partial charge in [0.2, 0.25) is 10.0 Å². The van der Waals surface area contributed by atoms with Crippen LogP contribution in [0, 0.1) is 0 Å². The van der Waals surface area contributed by atoms with Crippen LogP contribution in [0.1, 0.15) is 0 Å². The third kappa shape index (κ3) is 2.10. The highest BCUT2D eigenvalue weighted by Gasteiger charge is 2.18. The monoisotopic (exact) mass is 363 g/mol. The summed E-state index contributed by atoms with van der Waals surface area (Å²) in [6.07, 6.45) is 0. The number of hydrogen-bond donors (Lipinski definition) is 1. The summed E-state index contributed by atoms with van der Waals surface area (Å²) in [5, 5.41) is 11.7. The Morgan fingerprint density at radius 2 is 1.44 bits per heavy atom. The molecule has 0 fully saturated rings. The molecule has 3 nitrogen and oxygen atoms in total. The zero-order valence-corrected chi connectivity index (χ0v) is 14.7. The van der Waals surface area contributed by atoms with Crippen LogP contribution in [-0.4, -0.2) is 8.42 Å². The van der Waals surface area contributed by atoms with Crippen LogP contribution in [0.4, 0.5) is 0 Å². The van der Waals surface area contributed by atoms with Gasteiger partial charge >= 0.3 is 0 Å². The zero-order chi connectivity index (χ0) is 17.2. The molecule has 0 radical (unpaired) electrons. The second-order valence-electron chi connectivity index (χ2n) is 6.10. The summed E-state index contributed by atoms with van der Waals surface area (Å²) in [6, 6.07) is 21.8. The zero-order valence-electron chi connectivity index (χ0n) is 13.1. The van der Waals surface area contributed by atoms with Crippen LogP contribution in [0.15, 0.2) is 71.6 Å². The first-order valence-corrected chi connectivity index (χ1v) is 10.2. The molecule has 2 N–H and O–H groups in total. The molecule has 5 aromatic rings. The average molecular weight is 363 g/mol. The lowest BCUT2D eigenvalue weighted by molar-refractivity contribution is 0.599. The van der Waals surface area contributed by atoms with Crippen molar-refractivity contribution >= 4 is 63.1 Å². The molecule has 0 saturated heterocycles. The summed E-state index contributed by atoms with van der Waals surface area (Å²) in [4.78, 5) is 0.187. The summed E-state index contributed by atoms with van der Waals surface area (Å²) in [5.41, 5.74) is 0. The Labute approximate surface area is 148 Å². The van der Waals surface area contributed by atoms with Gasteiger partial charge in [0.25, 0.3) is 0 Å². The van der Waals surface area contributed by atoms with E-state index < -0.39 is 10.0 Å². The van der Waals surface area contributed by atoms with Gasteiger partial charge < -0.3 is 0 Å². The van der Waals surface area contributed by atoms with Crippen molar-refractivity contribution < 1.29 is 8.42 Å². The maximum atomic E-state index is 12.1. The SMILES string of the molecule is NS(=O)(=O)c1cc2sc3c4ccccc4ccc3c2c2ccccc12. The fraction of sp³-hybridized carbons (Fsp3) is 0. The molecule has 0 bridgehead atoms. The van der Waals surface area contributed by atoms with Crippen molar-refractivity contribution in [1.82, 2.24) is 0 Å². The highest BCUT2D eigenvalue weighted by atomic mass is 32.2. The molecule has 0 aliphatic carbocycles. The van der Waals surface area contributed by atoms with Gasteiger partial charge in [-0.15, -0.1) is 11.3 Å². The maximum Gasteiger partial charge on any atom is 0.238 e. The number of nitrogens with two attached hydrogens (primary N) is 1. The minimum atomic E-state index is -3.79. The molecular weight excluding hydrogens is 350 g/mol. The normalized spacial score (nSPS) is 12.5. The van der Waals surface area contributed by atoms with Crippen molar-refractivity contribution in [2.45, 2.75) is 4.90 Å². The van der Waals surface area contributed by atoms with Gasteiger partial charge in [-0.2, -0.15) is 0 Å². The van der Waals surface area contributed by atoms with Crippen molar-refractivity contribution in [2.75, 3.05) is 0 Å². The van der Waals surface area contributed by atoms with Crippen molar-refractivity contribution in [3.05, 3.63) is 66.7 Å². The van der Waals surface area contributed by atoms with Crippen molar-refractivity contribution in [2.24, 2.45) is 5.14 Å². The van der Waals surface area contributed by atoms with E-state index in [-0.39, 0.29) is 4.90 Å². The van der Waals surface area contributed by atoms with Gasteiger partial charge in [0.15, 0.2) is 0 Å². The van der Waals surface area contributed by atoms with Crippen molar-refractivity contribution in [3.8, 4) is 0 Å². The predicted molar refractivity (Wildman–Crippen MR) is 106 cm³/mol. The van der Waals surface area contributed by atoms with Gasteiger partial charge in [-0.25, -0.2) is 13.6 Å². The summed E-state index contributed by atoms with van der Waals surface area (Å²) >= 11 is 1.62. The molecule has 0 aliphatic heterocycles. The number of rotatable bonds is 1. The van der Waals surface area contributed by atoms with E-state index in [1.54, 1.807) is 17.4 Å². The highest BCUT2D eigenvalue weighted by Crippen LogP contribution is 2.43. The summed E-state index contributed by atoms with van der Waals surface area (Å²) in [7, 11) is -3.79. The summed E-state index contributed by atoms with van der Waals surface area (Å²) in [5.74, 6) is 0. The van der Waals surface area contributed by atoms with Crippen LogP contribution in [0.25, 0.3) is 41.7 Å². The Morgan fingerprint density at radius 1 is 0.760 bits per heavy atom. The average Bonchev–Trinajstić information content (AvgIpc) is 2.99. The maximum absolute atomic E-state index is 12.1. The molecule has 0 amide bonds. The number of hydrogen-bond acceptors (Lipinski definition) is 3. The molecule has 5 rings (SSSR count). The van der Waals surface area contributed by atoms with Gasteiger partial charge in [-0.1, -0.05) is 60.7 Å². The summed E-state index contributed by atoms with van der Waals surface area (Å²) in [6.45, 7) is 0. The minimum Gasteiger partial charge on any atom is -0.225 e. The van der Waals surface area contributed by atoms with Gasteiger partial charge in [-0.3, -0.25) is 0 Å². The van der Waals surface area contributed by atoms with Crippen LogP contribution in [0.2, 0.25) is 0 Å². The molecule has 122 valence electrons. The molecule has 0 atom stereocenters. The largest absolute Gasteiger partial charge is 0.238 e. The van der Waals surface area contributed by atoms with Crippen molar-refractivity contribution in [1.29, 1.82) is 0 Å². The van der Waals surface area contributed by atoms with E-state index >= 15 is 0 Å². The minimum absolute atomic E-state index is 0.187. The molecule has 0 unspecified atom stereocenters. The Bertz CT molecular complexity index is 1420. The fourth-order valence-electron chi connectivity index (χ4n) is 3.57. The van der Waals surface area contributed by atoms with E-state index in [0.717, 1.165) is 20.9 Å². The number of fused-ring (bicyclic) bond motifs is 7. The Balaban J connectivity index is 2.10. The Hall–Kier alpha value is -2.47. The van der Waals surface area contributed by atoms with Crippen LogP contribution < -0.4 is 5.14 Å². The summed E-state index contributed by atoms with van der Waals surface area (Å²) < 4.78 is 26.3. The molecule has 1 aromatic heterocycles. The first-order chi connectivity index (χ1) is 12.0. The lowest BCUT2D eigenvalue weighted by atomic mass is 10.0. The van der Waals surface area contributed by atoms with E-state index in [1.165, 1.54) is 15.5 Å². The molecule has 5 heteroatoms. The second-order valence-corrected chi connectivity index (χ2v) is 8.69. The van der Waals surface area contributed by atoms with E-state index in [0.29, 0.717) is 5.39 Å². The lowest BCUT2D eigenvalue weighted by Crippen LogP contribution is -2.12. The van der Waals surface area contributed by atoms with Gasteiger partial charge in [0.1, 0.15) is 0 Å². The van der Waals surface area contributed by atoms with Gasteiger partial charge in [0.05, 0.1) is 4.90 Å². The van der Waals surface area contributed by atoms with E-state index in [4.69, 9.17) is 5.14 Å². The third-order valence-electron chi connectivity index (χ3n) is 4.64. The number of thiophene rings is 1. The van der Waals surface area contributed by atoms with Gasteiger partial charge in [-0.05, 0) is 22.2 Å². The van der Waals surface area contributed by atoms with Crippen molar-refractivity contribution in [3.63, 3.8) is 0 Å². The molecule has 0 spiro atoms. The quantitative estimate of drug-likeness (QED) is 0.455. The smallest absolute Gasteiger partial charge is 0.225 e. The Kier molecular flexibility index (Phi) is 2.98. The molecule has 1 heterocycles. The topological polar surface area (TPSA) is 60.2 Å². The molecule has 25 heavy (non-hydrogen) atoms. The third-order valence-corrected chi connectivity index (χ3v) is 6.77. The fourth-order valence-corrected chi connectivity index (χ4v) is 5.71. The van der Waals surface area contributed by atoms with Crippen LogP contribution in [-0.2, 0) is 10.0 Å². The highest BCUT2D eigenvalue weighted by molar-refractivity contribution is 7.89. The predicted octanol–water partition coefficient (Wildman–Crippen LogP) is 5.01. The number of benzene rings is 4. The molecule has 4 aromatic carbocycles. The Morgan fingerprint density at radius 3 is 2.20 bits per heavy atom. The lowest BCUT2D eigenvalue weighted by Gasteiger charge is -2.06. The van der Waals surface area contributed by atoms with Gasteiger partial charge in [0, 0.05) is 25.6 Å². The molecule has 0 aliphatic rings. The molecular formula is C20H13NO2S2. The van der Waals surface area contributed by atoms with E-state index in [1.807, 2.05) is 36.4 Å². The van der Waals surface area contributed by atoms with Crippen LogP contribution >= 0.6 is 11.3 Å². The standard InChI is InChI=1S/C20H13NO2S2/c21-25(22,23)18-11-17-19(15-8-4-3-7-14(15)18)16-10-9-12-5-1-2-6-13(12)20(16)24-17/h1-11H,(H2,21,22,23). The van der Waals surface area contributed by atoms with E-state index in [2.05, 4.69) is 24.3 Å². The van der Waals surface area contributed by atoms with E-state index in [9.17, 15) is 8.42 Å². The number of primary sulfonamides is 1. The molecule has 0 saturated carbocycles. The van der Waals surface area contributed by atoms with Crippen LogP contribution in [0.3, 0.4) is 0 Å². The first kappa shape index (κ1) is 14.8. The number of sulfonamides is 1.